The van der Waals surface area contributed by atoms with Crippen molar-refractivity contribution >= 4 is 29.1 Å². The topological polar surface area (TPSA) is 84.7 Å². The van der Waals surface area contributed by atoms with Crippen LogP contribution in [-0.4, -0.2) is 35.0 Å². The first-order chi connectivity index (χ1) is 14.3. The van der Waals surface area contributed by atoms with E-state index in [-0.39, 0.29) is 17.4 Å². The number of hydrogen-bond acceptors (Lipinski definition) is 4. The summed E-state index contributed by atoms with van der Waals surface area (Å²) in [6, 6.07) is 16.7. The molecule has 2 rings (SSSR count). The number of nitrogens with two attached hydrogens (primary N) is 1. The van der Waals surface area contributed by atoms with Gasteiger partial charge in [-0.25, -0.2) is 0 Å². The number of carbonyl (C=O) groups is 2. The van der Waals surface area contributed by atoms with Gasteiger partial charge in [0.15, 0.2) is 5.11 Å². The van der Waals surface area contributed by atoms with Crippen molar-refractivity contribution < 1.29 is 14.3 Å². The van der Waals surface area contributed by atoms with Crippen LogP contribution in [0.5, 0.6) is 5.75 Å². The molecule has 0 aliphatic heterocycles. The zero-order valence-electron chi connectivity index (χ0n) is 17.5. The van der Waals surface area contributed by atoms with Gasteiger partial charge < -0.3 is 15.4 Å². The van der Waals surface area contributed by atoms with Crippen molar-refractivity contribution in [3.8, 4) is 5.75 Å². The van der Waals surface area contributed by atoms with E-state index in [9.17, 15) is 9.59 Å². The lowest BCUT2D eigenvalue weighted by Crippen LogP contribution is -2.43. The normalized spacial score (nSPS) is 10.5. The molecule has 7 heteroatoms. The number of hydrogen-bond donors (Lipinski definition) is 2. The summed E-state index contributed by atoms with van der Waals surface area (Å²) < 4.78 is 5.73. The number of ether oxygens (including phenoxy) is 1. The molecule has 0 aliphatic carbocycles. The molecule has 0 saturated carbocycles. The molecule has 2 aromatic rings. The molecule has 0 radical (unpaired) electrons. The number of rotatable bonds is 10. The number of carbonyl (C=O) groups excluding carboxylic acids is 2. The summed E-state index contributed by atoms with van der Waals surface area (Å²) in [6.45, 7) is 5.65. The van der Waals surface area contributed by atoms with Crippen LogP contribution in [0.3, 0.4) is 0 Å². The number of benzene rings is 2. The molecule has 0 aromatic heterocycles. The van der Waals surface area contributed by atoms with Gasteiger partial charge in [0.2, 0.25) is 5.91 Å². The Morgan fingerprint density at radius 2 is 1.87 bits per heavy atom. The Morgan fingerprint density at radius 1 is 1.13 bits per heavy atom. The molecule has 2 aromatic carbocycles. The van der Waals surface area contributed by atoms with E-state index in [1.807, 2.05) is 36.4 Å². The quantitative estimate of drug-likeness (QED) is 0.567. The highest BCUT2D eigenvalue weighted by atomic mass is 32.1. The average molecular weight is 428 g/mol. The smallest absolute Gasteiger partial charge is 0.257 e. The molecule has 0 aliphatic rings. The molecule has 0 atom stereocenters. The second kappa shape index (κ2) is 11.9. The van der Waals surface area contributed by atoms with Crippen LogP contribution >= 0.6 is 12.2 Å². The fourth-order valence-electron chi connectivity index (χ4n) is 2.69. The van der Waals surface area contributed by atoms with Crippen LogP contribution in [-0.2, 0) is 11.3 Å². The summed E-state index contributed by atoms with van der Waals surface area (Å²) in [7, 11) is 0. The van der Waals surface area contributed by atoms with Gasteiger partial charge >= 0.3 is 0 Å². The third-order valence-corrected chi connectivity index (χ3v) is 4.77. The molecule has 0 saturated heterocycles. The summed E-state index contributed by atoms with van der Waals surface area (Å²) in [5.74, 6) is 0.439. The minimum absolute atomic E-state index is 0.141. The zero-order valence-corrected chi connectivity index (χ0v) is 18.3. The standard InChI is InChI=1S/C23H29N3O3S/c1-17(2)12-14-29-20-10-6-9-19(15-20)22(28)25-23(30)26(13-11-21(24)27)16-18-7-4-3-5-8-18/h3-10,15,17H,11-14,16H2,1-2H3,(H2,24,27)(H,25,28,30). The SMILES string of the molecule is CC(C)CCOc1cccc(C(=O)NC(=S)N(CCC(N)=O)Cc2ccccc2)c1. The number of nitrogens with zero attached hydrogens (tertiary/aromatic N) is 1. The summed E-state index contributed by atoms with van der Waals surface area (Å²) >= 11 is 5.44. The monoisotopic (exact) mass is 427 g/mol. The van der Waals surface area contributed by atoms with Crippen molar-refractivity contribution in [3.63, 3.8) is 0 Å². The van der Waals surface area contributed by atoms with Crippen molar-refractivity contribution in [1.82, 2.24) is 10.2 Å². The predicted molar refractivity (Wildman–Crippen MR) is 122 cm³/mol. The van der Waals surface area contributed by atoms with Gasteiger partial charge in [0, 0.05) is 25.1 Å². The predicted octanol–water partition coefficient (Wildman–Crippen LogP) is 3.50. The Morgan fingerprint density at radius 3 is 2.53 bits per heavy atom. The number of primary amides is 1. The van der Waals surface area contributed by atoms with Crippen LogP contribution in [0.4, 0.5) is 0 Å². The molecule has 2 amide bonds. The molecule has 160 valence electrons. The minimum atomic E-state index is -0.423. The zero-order chi connectivity index (χ0) is 21.9. The maximum atomic E-state index is 12.7. The lowest BCUT2D eigenvalue weighted by molar-refractivity contribution is -0.118. The lowest BCUT2D eigenvalue weighted by Gasteiger charge is -2.25. The van der Waals surface area contributed by atoms with Gasteiger partial charge in [-0.05, 0) is 48.3 Å². The Kier molecular flexibility index (Phi) is 9.28. The molecule has 6 nitrogen and oxygen atoms in total. The highest BCUT2D eigenvalue weighted by Gasteiger charge is 2.16. The summed E-state index contributed by atoms with van der Waals surface area (Å²) in [4.78, 5) is 25.7. The molecule has 0 fully saturated rings. The van der Waals surface area contributed by atoms with Gasteiger partial charge in [-0.2, -0.15) is 0 Å². The molecular weight excluding hydrogens is 398 g/mol. The highest BCUT2D eigenvalue weighted by Crippen LogP contribution is 2.15. The van der Waals surface area contributed by atoms with Crippen LogP contribution in [0.1, 0.15) is 42.6 Å². The van der Waals surface area contributed by atoms with E-state index in [2.05, 4.69) is 19.2 Å². The summed E-state index contributed by atoms with van der Waals surface area (Å²) in [6.07, 6.45) is 1.08. The van der Waals surface area contributed by atoms with E-state index < -0.39 is 5.91 Å². The Balaban J connectivity index is 2.02. The largest absolute Gasteiger partial charge is 0.494 e. The molecule has 0 heterocycles. The van der Waals surface area contributed by atoms with Crippen molar-refractivity contribution in [2.24, 2.45) is 11.7 Å². The molecule has 0 bridgehead atoms. The second-order valence-corrected chi connectivity index (χ2v) is 7.83. The third kappa shape index (κ3) is 8.21. The first kappa shape index (κ1) is 23.3. The Bertz CT molecular complexity index is 856. The number of nitrogens with one attached hydrogen (secondary N) is 1. The fourth-order valence-corrected chi connectivity index (χ4v) is 2.94. The number of amides is 2. The first-order valence-corrected chi connectivity index (χ1v) is 10.4. The maximum absolute atomic E-state index is 12.7. The van der Waals surface area contributed by atoms with Crippen LogP contribution in [0.15, 0.2) is 54.6 Å². The Labute approximate surface area is 183 Å². The Hall–Kier alpha value is -2.93. The van der Waals surface area contributed by atoms with Gasteiger partial charge in [0.05, 0.1) is 6.61 Å². The van der Waals surface area contributed by atoms with E-state index in [1.165, 1.54) is 0 Å². The van der Waals surface area contributed by atoms with E-state index in [1.54, 1.807) is 23.1 Å². The van der Waals surface area contributed by atoms with Crippen molar-refractivity contribution in [3.05, 3.63) is 65.7 Å². The number of thiocarbonyl (C=S) groups is 1. The van der Waals surface area contributed by atoms with E-state index >= 15 is 0 Å². The van der Waals surface area contributed by atoms with E-state index in [4.69, 9.17) is 22.7 Å². The molecule has 0 spiro atoms. The van der Waals surface area contributed by atoms with Gasteiger partial charge in [0.25, 0.3) is 5.91 Å². The van der Waals surface area contributed by atoms with Crippen molar-refractivity contribution in [2.45, 2.75) is 33.2 Å². The van der Waals surface area contributed by atoms with Gasteiger partial charge in [0.1, 0.15) is 5.75 Å². The summed E-state index contributed by atoms with van der Waals surface area (Å²) in [5.41, 5.74) is 6.76. The van der Waals surface area contributed by atoms with Crippen LogP contribution in [0, 0.1) is 5.92 Å². The molecule has 3 N–H and O–H groups in total. The average Bonchev–Trinajstić information content (AvgIpc) is 2.71. The van der Waals surface area contributed by atoms with Crippen LogP contribution in [0.2, 0.25) is 0 Å². The van der Waals surface area contributed by atoms with Gasteiger partial charge in [-0.3, -0.25) is 14.9 Å². The fraction of sp³-hybridized carbons (Fsp3) is 0.348. The minimum Gasteiger partial charge on any atom is -0.494 e. The van der Waals surface area contributed by atoms with Crippen LogP contribution in [0.25, 0.3) is 0 Å². The van der Waals surface area contributed by atoms with Crippen molar-refractivity contribution in [1.29, 1.82) is 0 Å². The van der Waals surface area contributed by atoms with Crippen molar-refractivity contribution in [2.75, 3.05) is 13.2 Å². The van der Waals surface area contributed by atoms with E-state index in [0.717, 1.165) is 12.0 Å². The molecule has 30 heavy (non-hydrogen) atoms. The lowest BCUT2D eigenvalue weighted by atomic mass is 10.1. The van der Waals surface area contributed by atoms with E-state index in [0.29, 0.717) is 36.9 Å². The summed E-state index contributed by atoms with van der Waals surface area (Å²) in [5, 5.41) is 3.00. The highest BCUT2D eigenvalue weighted by molar-refractivity contribution is 7.80. The maximum Gasteiger partial charge on any atom is 0.257 e. The van der Waals surface area contributed by atoms with Crippen LogP contribution < -0.4 is 15.8 Å². The first-order valence-electron chi connectivity index (χ1n) is 10.0. The second-order valence-electron chi connectivity index (χ2n) is 7.44. The third-order valence-electron chi connectivity index (χ3n) is 4.41. The van der Waals surface area contributed by atoms with Gasteiger partial charge in [-0.1, -0.05) is 50.2 Å². The molecular formula is C23H29N3O3S. The van der Waals surface area contributed by atoms with Gasteiger partial charge in [-0.15, -0.1) is 0 Å². The molecule has 0 unspecified atom stereocenters.